The first-order chi connectivity index (χ1) is 9.94. The molecule has 2 heteroatoms. The fourth-order valence-electron chi connectivity index (χ4n) is 1.98. The Hall–Kier alpha value is -1.44. The normalized spacial score (nSPS) is 13.0. The van der Waals surface area contributed by atoms with E-state index in [1.807, 2.05) is 13.8 Å². The lowest BCUT2D eigenvalue weighted by Crippen LogP contribution is -2.00. The number of rotatable bonds is 7. The van der Waals surface area contributed by atoms with E-state index < -0.39 is 0 Å². The molecule has 2 unspecified atom stereocenters. The smallest absolute Gasteiger partial charge is 0.123 e. The van der Waals surface area contributed by atoms with Gasteiger partial charge in [0.2, 0.25) is 0 Å². The van der Waals surface area contributed by atoms with Crippen molar-refractivity contribution in [1.82, 2.24) is 0 Å². The van der Waals surface area contributed by atoms with Gasteiger partial charge in [-0.2, -0.15) is 0 Å². The molecule has 0 spiro atoms. The lowest BCUT2D eigenvalue weighted by atomic mass is 9.98. The SMILES string of the molecule is CC(C=O)Cc1ccc(C(C)C)cc1.CCCC(C)C=O. The van der Waals surface area contributed by atoms with Gasteiger partial charge in [-0.25, -0.2) is 0 Å². The molecule has 1 aromatic rings. The highest BCUT2D eigenvalue weighted by Crippen LogP contribution is 2.16. The van der Waals surface area contributed by atoms with Crippen molar-refractivity contribution in [2.45, 2.75) is 59.8 Å². The van der Waals surface area contributed by atoms with Crippen LogP contribution >= 0.6 is 0 Å². The van der Waals surface area contributed by atoms with Crippen LogP contribution in [0.2, 0.25) is 0 Å². The van der Waals surface area contributed by atoms with E-state index >= 15 is 0 Å². The molecular formula is C19H30O2. The number of aldehydes is 2. The standard InChI is InChI=1S/C13H18O.C6H12O/c1-10(2)13-6-4-12(5-7-13)8-11(3)9-14;1-3-4-6(2)5-7/h4-7,9-11H,8H2,1-3H3;5-6H,3-4H2,1-2H3. The van der Waals surface area contributed by atoms with Crippen LogP contribution in [0, 0.1) is 11.8 Å². The summed E-state index contributed by atoms with van der Waals surface area (Å²) in [5.41, 5.74) is 2.60. The summed E-state index contributed by atoms with van der Waals surface area (Å²) in [6, 6.07) is 8.54. The molecule has 0 saturated heterocycles. The molecule has 21 heavy (non-hydrogen) atoms. The summed E-state index contributed by atoms with van der Waals surface area (Å²) < 4.78 is 0. The number of hydrogen-bond donors (Lipinski definition) is 0. The maximum Gasteiger partial charge on any atom is 0.123 e. The molecule has 0 aliphatic heterocycles. The number of benzene rings is 1. The Bertz CT molecular complexity index is 393. The second-order valence-corrected chi connectivity index (χ2v) is 6.12. The Labute approximate surface area is 130 Å². The molecular weight excluding hydrogens is 260 g/mol. The van der Waals surface area contributed by atoms with E-state index in [1.165, 1.54) is 11.1 Å². The summed E-state index contributed by atoms with van der Waals surface area (Å²) in [6.07, 6.45) is 5.01. The van der Waals surface area contributed by atoms with Gasteiger partial charge in [-0.1, -0.05) is 65.3 Å². The van der Waals surface area contributed by atoms with E-state index in [9.17, 15) is 9.59 Å². The lowest BCUT2D eigenvalue weighted by Gasteiger charge is -2.07. The summed E-state index contributed by atoms with van der Waals surface area (Å²) in [6.45, 7) is 10.3. The van der Waals surface area contributed by atoms with Crippen molar-refractivity contribution >= 4 is 12.6 Å². The van der Waals surface area contributed by atoms with E-state index in [0.717, 1.165) is 31.8 Å². The van der Waals surface area contributed by atoms with Crippen molar-refractivity contribution < 1.29 is 9.59 Å². The number of carbonyl (C=O) groups is 2. The van der Waals surface area contributed by atoms with Gasteiger partial charge in [-0.15, -0.1) is 0 Å². The second kappa shape index (κ2) is 11.2. The van der Waals surface area contributed by atoms with E-state index in [4.69, 9.17) is 0 Å². The third-order valence-electron chi connectivity index (χ3n) is 3.41. The molecule has 1 rings (SSSR count). The van der Waals surface area contributed by atoms with Crippen LogP contribution in [0.25, 0.3) is 0 Å². The van der Waals surface area contributed by atoms with Crippen LogP contribution in [0.15, 0.2) is 24.3 Å². The maximum absolute atomic E-state index is 10.5. The molecule has 118 valence electrons. The van der Waals surface area contributed by atoms with Crippen LogP contribution in [0.1, 0.15) is 64.5 Å². The van der Waals surface area contributed by atoms with Crippen LogP contribution in [0.4, 0.5) is 0 Å². The molecule has 0 saturated carbocycles. The average Bonchev–Trinajstić information content (AvgIpc) is 2.48. The van der Waals surface area contributed by atoms with Crippen LogP contribution in [-0.4, -0.2) is 12.6 Å². The van der Waals surface area contributed by atoms with Gasteiger partial charge >= 0.3 is 0 Å². The van der Waals surface area contributed by atoms with E-state index in [-0.39, 0.29) is 11.8 Å². The molecule has 0 heterocycles. The summed E-state index contributed by atoms with van der Waals surface area (Å²) in [4.78, 5) is 20.4. The molecule has 0 fully saturated rings. The zero-order chi connectivity index (χ0) is 16.3. The zero-order valence-corrected chi connectivity index (χ0v) is 14.1. The molecule has 1 aromatic carbocycles. The van der Waals surface area contributed by atoms with Crippen LogP contribution in [0.5, 0.6) is 0 Å². The summed E-state index contributed by atoms with van der Waals surface area (Å²) >= 11 is 0. The van der Waals surface area contributed by atoms with Crippen molar-refractivity contribution in [2.24, 2.45) is 11.8 Å². The minimum absolute atomic E-state index is 0.125. The topological polar surface area (TPSA) is 34.1 Å². The van der Waals surface area contributed by atoms with Crippen molar-refractivity contribution in [3.63, 3.8) is 0 Å². The Morgan fingerprint density at radius 3 is 1.76 bits per heavy atom. The highest BCUT2D eigenvalue weighted by Gasteiger charge is 2.02. The van der Waals surface area contributed by atoms with Crippen LogP contribution in [0.3, 0.4) is 0 Å². The average molecular weight is 290 g/mol. The van der Waals surface area contributed by atoms with E-state index in [2.05, 4.69) is 45.0 Å². The predicted molar refractivity (Wildman–Crippen MR) is 89.6 cm³/mol. The minimum atomic E-state index is 0.125. The van der Waals surface area contributed by atoms with Crippen LogP contribution in [-0.2, 0) is 16.0 Å². The third-order valence-corrected chi connectivity index (χ3v) is 3.41. The van der Waals surface area contributed by atoms with Crippen molar-refractivity contribution in [1.29, 1.82) is 0 Å². The maximum atomic E-state index is 10.5. The van der Waals surface area contributed by atoms with E-state index in [1.54, 1.807) is 0 Å². The number of hydrogen-bond acceptors (Lipinski definition) is 2. The molecule has 0 bridgehead atoms. The van der Waals surface area contributed by atoms with Gasteiger partial charge in [0.05, 0.1) is 0 Å². The minimum Gasteiger partial charge on any atom is -0.303 e. The molecule has 0 aliphatic carbocycles. The molecule has 2 nitrogen and oxygen atoms in total. The highest BCUT2D eigenvalue weighted by atomic mass is 16.1. The lowest BCUT2D eigenvalue weighted by molar-refractivity contribution is -0.111. The Kier molecular flexibility index (Phi) is 10.5. The second-order valence-electron chi connectivity index (χ2n) is 6.12. The molecule has 0 aliphatic rings. The monoisotopic (exact) mass is 290 g/mol. The van der Waals surface area contributed by atoms with E-state index in [0.29, 0.717) is 5.92 Å². The fraction of sp³-hybridized carbons (Fsp3) is 0.579. The quantitative estimate of drug-likeness (QED) is 0.675. The zero-order valence-electron chi connectivity index (χ0n) is 14.1. The largest absolute Gasteiger partial charge is 0.303 e. The van der Waals surface area contributed by atoms with Gasteiger partial charge in [0.1, 0.15) is 12.6 Å². The predicted octanol–water partition coefficient (Wildman–Crippen LogP) is 4.81. The summed E-state index contributed by atoms with van der Waals surface area (Å²) in [5, 5.41) is 0. The van der Waals surface area contributed by atoms with Gasteiger partial charge in [0.15, 0.2) is 0 Å². The molecule has 2 atom stereocenters. The number of carbonyl (C=O) groups excluding carboxylic acids is 2. The first kappa shape index (κ1) is 19.6. The van der Waals surface area contributed by atoms with Gasteiger partial charge < -0.3 is 9.59 Å². The Morgan fingerprint density at radius 2 is 1.43 bits per heavy atom. The Balaban J connectivity index is 0.000000486. The van der Waals surface area contributed by atoms with Gasteiger partial charge in [-0.05, 0) is 29.9 Å². The van der Waals surface area contributed by atoms with Crippen molar-refractivity contribution in [3.8, 4) is 0 Å². The fourth-order valence-corrected chi connectivity index (χ4v) is 1.98. The molecule has 0 radical (unpaired) electrons. The molecule has 0 aromatic heterocycles. The van der Waals surface area contributed by atoms with Crippen molar-refractivity contribution in [2.75, 3.05) is 0 Å². The van der Waals surface area contributed by atoms with Gasteiger partial charge in [0.25, 0.3) is 0 Å². The Morgan fingerprint density at radius 1 is 0.905 bits per heavy atom. The summed E-state index contributed by atoms with van der Waals surface area (Å²) in [7, 11) is 0. The first-order valence-electron chi connectivity index (χ1n) is 7.93. The molecule has 0 N–H and O–H groups in total. The summed E-state index contributed by atoms with van der Waals surface area (Å²) in [5.74, 6) is 0.970. The first-order valence-corrected chi connectivity index (χ1v) is 7.93. The van der Waals surface area contributed by atoms with Gasteiger partial charge in [0, 0.05) is 11.8 Å². The van der Waals surface area contributed by atoms with Crippen LogP contribution < -0.4 is 0 Å². The van der Waals surface area contributed by atoms with Gasteiger partial charge in [-0.3, -0.25) is 0 Å². The molecule has 0 amide bonds. The highest BCUT2D eigenvalue weighted by molar-refractivity contribution is 5.53. The van der Waals surface area contributed by atoms with Crippen molar-refractivity contribution in [3.05, 3.63) is 35.4 Å². The third kappa shape index (κ3) is 9.17.